The Hall–Kier alpha value is -3.43. The number of halogens is 2. The third-order valence-corrected chi connectivity index (χ3v) is 6.30. The molecule has 164 valence electrons. The van der Waals surface area contributed by atoms with Crippen LogP contribution in [0.1, 0.15) is 22.7 Å². The summed E-state index contributed by atoms with van der Waals surface area (Å²) in [7, 11) is 0. The first-order chi connectivity index (χ1) is 15.8. The van der Waals surface area contributed by atoms with E-state index in [2.05, 4.69) is 36.8 Å². The summed E-state index contributed by atoms with van der Waals surface area (Å²) < 4.78 is 12.2. The molecule has 3 heterocycles. The molecule has 7 nitrogen and oxygen atoms in total. The lowest BCUT2D eigenvalue weighted by molar-refractivity contribution is 0.440. The number of hydrogen-bond donors (Lipinski definition) is 2. The van der Waals surface area contributed by atoms with Crippen molar-refractivity contribution in [1.29, 1.82) is 0 Å². The summed E-state index contributed by atoms with van der Waals surface area (Å²) in [6, 6.07) is 14.5. The monoisotopic (exact) mass is 569 g/mol. The molecule has 0 spiro atoms. The lowest BCUT2D eigenvalue weighted by atomic mass is 9.87. The standard InChI is InChI=1S/C24H13Br2NO6/c25-11-4-6-16-13(9-11)21(28)19(23(30)32-16)18(15-3-1-2-8-27-15)20-22(29)14-10-12(26)5-7-17(14)33-24(20)31/h1-10,18,28-29H. The highest BCUT2D eigenvalue weighted by atomic mass is 79.9. The summed E-state index contributed by atoms with van der Waals surface area (Å²) in [4.78, 5) is 30.4. The Morgan fingerprint density at radius 1 is 0.758 bits per heavy atom. The van der Waals surface area contributed by atoms with E-state index in [1.54, 1.807) is 54.6 Å². The van der Waals surface area contributed by atoms with Gasteiger partial charge >= 0.3 is 11.3 Å². The minimum Gasteiger partial charge on any atom is -0.507 e. The van der Waals surface area contributed by atoms with E-state index in [-0.39, 0.29) is 50.3 Å². The molecule has 0 aliphatic heterocycles. The molecule has 33 heavy (non-hydrogen) atoms. The third-order valence-electron chi connectivity index (χ3n) is 5.31. The first-order valence-electron chi connectivity index (χ1n) is 9.66. The number of fused-ring (bicyclic) bond motifs is 2. The summed E-state index contributed by atoms with van der Waals surface area (Å²) in [6.07, 6.45) is 1.48. The second kappa shape index (κ2) is 8.17. The van der Waals surface area contributed by atoms with Crippen LogP contribution in [-0.2, 0) is 0 Å². The van der Waals surface area contributed by atoms with Crippen LogP contribution in [0.5, 0.6) is 11.5 Å². The van der Waals surface area contributed by atoms with Crippen molar-refractivity contribution in [2.75, 3.05) is 0 Å². The summed E-state index contributed by atoms with van der Waals surface area (Å²) in [5.41, 5.74) is -1.64. The summed E-state index contributed by atoms with van der Waals surface area (Å²) in [5.74, 6) is -2.02. The number of aromatic hydroxyl groups is 2. The van der Waals surface area contributed by atoms with E-state index in [4.69, 9.17) is 8.83 Å². The van der Waals surface area contributed by atoms with Gasteiger partial charge in [0, 0.05) is 15.1 Å². The van der Waals surface area contributed by atoms with Crippen LogP contribution >= 0.6 is 31.9 Å². The Morgan fingerprint density at radius 2 is 1.27 bits per heavy atom. The predicted octanol–water partition coefficient (Wildman–Crippen LogP) is 5.41. The zero-order valence-electron chi connectivity index (χ0n) is 16.6. The Morgan fingerprint density at radius 3 is 1.73 bits per heavy atom. The van der Waals surface area contributed by atoms with Gasteiger partial charge in [-0.1, -0.05) is 37.9 Å². The Bertz CT molecular complexity index is 1550. The number of pyridine rings is 1. The first kappa shape index (κ1) is 21.4. The van der Waals surface area contributed by atoms with Crippen molar-refractivity contribution in [3.8, 4) is 11.5 Å². The van der Waals surface area contributed by atoms with Gasteiger partial charge in [0.25, 0.3) is 0 Å². The van der Waals surface area contributed by atoms with Gasteiger partial charge in [0.1, 0.15) is 22.7 Å². The fourth-order valence-electron chi connectivity index (χ4n) is 3.84. The van der Waals surface area contributed by atoms with E-state index in [0.717, 1.165) is 0 Å². The van der Waals surface area contributed by atoms with Crippen LogP contribution in [0.4, 0.5) is 0 Å². The van der Waals surface area contributed by atoms with Crippen molar-refractivity contribution in [2.24, 2.45) is 0 Å². The third kappa shape index (κ3) is 3.63. The van der Waals surface area contributed by atoms with Crippen LogP contribution in [0.2, 0.25) is 0 Å². The van der Waals surface area contributed by atoms with Crippen LogP contribution in [-0.4, -0.2) is 15.2 Å². The van der Waals surface area contributed by atoms with Gasteiger partial charge in [-0.3, -0.25) is 4.98 Å². The maximum Gasteiger partial charge on any atom is 0.344 e. The van der Waals surface area contributed by atoms with Gasteiger partial charge in [0.05, 0.1) is 33.5 Å². The molecular weight excluding hydrogens is 558 g/mol. The van der Waals surface area contributed by atoms with Gasteiger partial charge in [0.2, 0.25) is 0 Å². The Balaban J connectivity index is 1.91. The average molecular weight is 571 g/mol. The van der Waals surface area contributed by atoms with Crippen molar-refractivity contribution in [2.45, 2.75) is 5.92 Å². The van der Waals surface area contributed by atoms with Crippen molar-refractivity contribution in [3.63, 3.8) is 0 Å². The van der Waals surface area contributed by atoms with Crippen molar-refractivity contribution in [1.82, 2.24) is 4.98 Å². The lowest BCUT2D eigenvalue weighted by Gasteiger charge is -2.19. The molecule has 5 aromatic rings. The maximum atomic E-state index is 13.1. The predicted molar refractivity (Wildman–Crippen MR) is 129 cm³/mol. The highest BCUT2D eigenvalue weighted by Crippen LogP contribution is 2.42. The molecule has 0 bridgehead atoms. The fraction of sp³-hybridized carbons (Fsp3) is 0.0417. The minimum absolute atomic E-state index is 0.169. The molecule has 9 heteroatoms. The van der Waals surface area contributed by atoms with Gasteiger partial charge in [-0.05, 0) is 48.5 Å². The molecular formula is C24H13Br2NO6. The van der Waals surface area contributed by atoms with Gasteiger partial charge < -0.3 is 19.0 Å². The van der Waals surface area contributed by atoms with Crippen LogP contribution in [0, 0.1) is 0 Å². The number of aromatic nitrogens is 1. The highest BCUT2D eigenvalue weighted by molar-refractivity contribution is 9.10. The molecule has 0 aliphatic carbocycles. The molecule has 0 radical (unpaired) electrons. The van der Waals surface area contributed by atoms with E-state index < -0.39 is 17.2 Å². The van der Waals surface area contributed by atoms with E-state index in [1.807, 2.05) is 0 Å². The van der Waals surface area contributed by atoms with E-state index >= 15 is 0 Å². The second-order valence-corrected chi connectivity index (χ2v) is 9.10. The molecule has 2 aromatic carbocycles. The normalized spacial score (nSPS) is 11.5. The zero-order chi connectivity index (χ0) is 23.3. The maximum absolute atomic E-state index is 13.1. The minimum atomic E-state index is -1.26. The van der Waals surface area contributed by atoms with Crippen molar-refractivity contribution < 1.29 is 19.0 Å². The topological polar surface area (TPSA) is 114 Å². The van der Waals surface area contributed by atoms with Gasteiger partial charge in [-0.2, -0.15) is 0 Å². The van der Waals surface area contributed by atoms with Crippen LogP contribution in [0.25, 0.3) is 21.9 Å². The number of nitrogens with zero attached hydrogens (tertiary/aromatic N) is 1. The molecule has 0 saturated heterocycles. The van der Waals surface area contributed by atoms with Gasteiger partial charge in [-0.25, -0.2) is 9.59 Å². The Kier molecular flexibility index (Phi) is 5.30. The lowest BCUT2D eigenvalue weighted by Crippen LogP contribution is -2.22. The highest BCUT2D eigenvalue weighted by Gasteiger charge is 2.33. The molecule has 0 amide bonds. The van der Waals surface area contributed by atoms with E-state index in [9.17, 15) is 19.8 Å². The van der Waals surface area contributed by atoms with Crippen LogP contribution < -0.4 is 11.3 Å². The Labute approximate surface area is 202 Å². The van der Waals surface area contributed by atoms with Crippen molar-refractivity contribution in [3.05, 3.63) is 107 Å². The molecule has 0 aliphatic rings. The average Bonchev–Trinajstić information content (AvgIpc) is 2.80. The summed E-state index contributed by atoms with van der Waals surface area (Å²) in [6.45, 7) is 0. The number of hydrogen-bond acceptors (Lipinski definition) is 7. The number of benzene rings is 2. The van der Waals surface area contributed by atoms with E-state index in [1.165, 1.54) is 6.20 Å². The molecule has 3 aromatic heterocycles. The first-order valence-corrected chi connectivity index (χ1v) is 11.2. The van der Waals surface area contributed by atoms with Gasteiger partial charge in [-0.15, -0.1) is 0 Å². The second-order valence-electron chi connectivity index (χ2n) is 7.27. The fourth-order valence-corrected chi connectivity index (χ4v) is 4.56. The van der Waals surface area contributed by atoms with Crippen LogP contribution in [0.3, 0.4) is 0 Å². The molecule has 5 rings (SSSR count). The van der Waals surface area contributed by atoms with E-state index in [0.29, 0.717) is 8.95 Å². The molecule has 0 unspecified atom stereocenters. The zero-order valence-corrected chi connectivity index (χ0v) is 19.8. The molecule has 0 atom stereocenters. The molecule has 0 saturated carbocycles. The smallest absolute Gasteiger partial charge is 0.344 e. The number of rotatable bonds is 3. The van der Waals surface area contributed by atoms with Crippen LogP contribution in [0.15, 0.2) is 88.2 Å². The largest absolute Gasteiger partial charge is 0.507 e. The summed E-state index contributed by atoms with van der Waals surface area (Å²) in [5, 5.41) is 22.8. The molecule has 0 fully saturated rings. The van der Waals surface area contributed by atoms with Crippen molar-refractivity contribution >= 4 is 53.8 Å². The quantitative estimate of drug-likeness (QED) is 0.279. The van der Waals surface area contributed by atoms with Gasteiger partial charge in [0.15, 0.2) is 0 Å². The molecule has 2 N–H and O–H groups in total. The summed E-state index contributed by atoms with van der Waals surface area (Å²) >= 11 is 6.68. The SMILES string of the molecule is O=c1oc2ccc(Br)cc2c(O)c1C(c1ccccn1)c1c(O)c2cc(Br)ccc2oc1=O.